The zero-order chi connectivity index (χ0) is 18.1. The third kappa shape index (κ3) is 2.77. The summed E-state index contributed by atoms with van der Waals surface area (Å²) in [4.78, 5) is 16.3. The number of benzene rings is 2. The molecule has 4 rings (SSSR count). The molecule has 0 radical (unpaired) electrons. The number of nitrogens with zero attached hydrogens (tertiary/aromatic N) is 3. The van der Waals surface area contributed by atoms with E-state index in [2.05, 4.69) is 10.1 Å². The van der Waals surface area contributed by atoms with Crippen molar-refractivity contribution < 1.29 is 14.6 Å². The van der Waals surface area contributed by atoms with E-state index in [4.69, 9.17) is 4.74 Å². The quantitative estimate of drug-likeness (QED) is 0.609. The van der Waals surface area contributed by atoms with Gasteiger partial charge in [-0.05, 0) is 30.3 Å². The van der Waals surface area contributed by atoms with Crippen LogP contribution in [0.3, 0.4) is 0 Å². The van der Waals surface area contributed by atoms with Crippen molar-refractivity contribution in [2.45, 2.75) is 0 Å². The molecule has 4 aromatic rings. The maximum Gasteiger partial charge on any atom is 0.354 e. The van der Waals surface area contributed by atoms with E-state index in [1.54, 1.807) is 13.2 Å². The van der Waals surface area contributed by atoms with Gasteiger partial charge in [0.25, 0.3) is 0 Å². The van der Waals surface area contributed by atoms with Crippen LogP contribution in [0, 0.1) is 0 Å². The smallest absolute Gasteiger partial charge is 0.354 e. The largest absolute Gasteiger partial charge is 0.497 e. The van der Waals surface area contributed by atoms with Gasteiger partial charge in [0, 0.05) is 17.2 Å². The van der Waals surface area contributed by atoms with Gasteiger partial charge in [0.15, 0.2) is 11.3 Å². The van der Waals surface area contributed by atoms with Gasteiger partial charge in [-0.2, -0.15) is 5.10 Å². The molecule has 2 heterocycles. The Hall–Kier alpha value is -3.67. The highest BCUT2D eigenvalue weighted by Gasteiger charge is 2.16. The lowest BCUT2D eigenvalue weighted by Gasteiger charge is -2.06. The second-order valence-corrected chi connectivity index (χ2v) is 5.73. The fourth-order valence-corrected chi connectivity index (χ4v) is 2.79. The first-order chi connectivity index (χ1) is 12.7. The number of methoxy groups -OCH3 is 1. The van der Waals surface area contributed by atoms with Gasteiger partial charge in [0.05, 0.1) is 18.5 Å². The van der Waals surface area contributed by atoms with E-state index in [-0.39, 0.29) is 5.69 Å². The third-order valence-corrected chi connectivity index (χ3v) is 4.10. The molecule has 0 aliphatic carbocycles. The first kappa shape index (κ1) is 15.8. The molecule has 0 saturated heterocycles. The molecule has 0 amide bonds. The van der Waals surface area contributed by atoms with E-state index < -0.39 is 5.97 Å². The summed E-state index contributed by atoms with van der Waals surface area (Å²) in [6.07, 6.45) is 0. The van der Waals surface area contributed by atoms with Gasteiger partial charge in [-0.25, -0.2) is 14.3 Å². The van der Waals surface area contributed by atoms with Crippen molar-refractivity contribution in [1.29, 1.82) is 0 Å². The summed E-state index contributed by atoms with van der Waals surface area (Å²) in [6.45, 7) is 0. The average molecular weight is 345 g/mol. The second-order valence-electron chi connectivity index (χ2n) is 5.73. The van der Waals surface area contributed by atoms with Gasteiger partial charge in [0.2, 0.25) is 0 Å². The third-order valence-electron chi connectivity index (χ3n) is 4.10. The van der Waals surface area contributed by atoms with Gasteiger partial charge in [0.1, 0.15) is 5.75 Å². The minimum Gasteiger partial charge on any atom is -0.497 e. The Kier molecular flexibility index (Phi) is 3.85. The van der Waals surface area contributed by atoms with Crippen LogP contribution in [0.5, 0.6) is 5.75 Å². The van der Waals surface area contributed by atoms with Crippen molar-refractivity contribution in [3.8, 4) is 28.3 Å². The molecule has 0 bridgehead atoms. The first-order valence-corrected chi connectivity index (χ1v) is 7.99. The highest BCUT2D eigenvalue weighted by Crippen LogP contribution is 2.25. The maximum absolute atomic E-state index is 11.7. The molecule has 0 spiro atoms. The van der Waals surface area contributed by atoms with Crippen LogP contribution in [0.1, 0.15) is 10.5 Å². The second kappa shape index (κ2) is 6.33. The Balaban J connectivity index is 1.89. The Morgan fingerprint density at radius 3 is 2.31 bits per heavy atom. The van der Waals surface area contributed by atoms with Gasteiger partial charge in [-0.3, -0.25) is 0 Å². The summed E-state index contributed by atoms with van der Waals surface area (Å²) in [5, 5.41) is 14.0. The molecule has 1 N–H and O–H groups in total. The van der Waals surface area contributed by atoms with E-state index >= 15 is 0 Å². The molecule has 0 saturated carbocycles. The lowest BCUT2D eigenvalue weighted by Crippen LogP contribution is -2.08. The standard InChI is InChI=1S/C20H15N3O3/c1-26-15-9-7-14(8-10-15)16-11-18(20(24)25)23-19(21-16)12-17(22-23)13-5-3-2-4-6-13/h2-12H,1H3,(H,24,25). The van der Waals surface area contributed by atoms with Crippen LogP contribution in [-0.4, -0.2) is 32.8 Å². The summed E-state index contributed by atoms with van der Waals surface area (Å²) >= 11 is 0. The molecule has 2 aromatic heterocycles. The van der Waals surface area contributed by atoms with E-state index in [1.165, 1.54) is 10.6 Å². The van der Waals surface area contributed by atoms with Crippen molar-refractivity contribution in [2.24, 2.45) is 0 Å². The van der Waals surface area contributed by atoms with Crippen LogP contribution in [0.2, 0.25) is 0 Å². The minimum absolute atomic E-state index is 0.0583. The van der Waals surface area contributed by atoms with Crippen molar-refractivity contribution in [2.75, 3.05) is 7.11 Å². The predicted molar refractivity (Wildman–Crippen MR) is 97.4 cm³/mol. The Morgan fingerprint density at radius 1 is 0.962 bits per heavy atom. The van der Waals surface area contributed by atoms with E-state index in [1.807, 2.05) is 54.6 Å². The zero-order valence-electron chi connectivity index (χ0n) is 14.0. The van der Waals surface area contributed by atoms with Crippen LogP contribution in [0.15, 0.2) is 66.7 Å². The number of aromatic carboxylic acids is 1. The minimum atomic E-state index is -1.06. The molecule has 26 heavy (non-hydrogen) atoms. The van der Waals surface area contributed by atoms with E-state index in [0.29, 0.717) is 17.0 Å². The van der Waals surface area contributed by atoms with Crippen LogP contribution in [-0.2, 0) is 0 Å². The fraction of sp³-hybridized carbons (Fsp3) is 0.0500. The molecule has 128 valence electrons. The van der Waals surface area contributed by atoms with Crippen molar-refractivity contribution in [3.05, 3.63) is 72.4 Å². The summed E-state index contributed by atoms with van der Waals surface area (Å²) < 4.78 is 6.52. The van der Waals surface area contributed by atoms with Crippen LogP contribution >= 0.6 is 0 Å². The summed E-state index contributed by atoms with van der Waals surface area (Å²) in [5.74, 6) is -0.334. The molecule has 0 fully saturated rings. The number of hydrogen-bond donors (Lipinski definition) is 1. The number of hydrogen-bond acceptors (Lipinski definition) is 4. The molecular formula is C20H15N3O3. The van der Waals surface area contributed by atoms with Gasteiger partial charge in [-0.1, -0.05) is 30.3 Å². The van der Waals surface area contributed by atoms with Crippen molar-refractivity contribution >= 4 is 11.6 Å². The number of carboxylic acids is 1. The summed E-state index contributed by atoms with van der Waals surface area (Å²) in [6, 6.07) is 20.2. The average Bonchev–Trinajstić information content (AvgIpc) is 3.12. The monoisotopic (exact) mass is 345 g/mol. The van der Waals surface area contributed by atoms with Crippen LogP contribution in [0.25, 0.3) is 28.2 Å². The first-order valence-electron chi connectivity index (χ1n) is 7.99. The van der Waals surface area contributed by atoms with Gasteiger partial charge < -0.3 is 9.84 Å². The molecule has 0 unspecified atom stereocenters. The number of carbonyl (C=O) groups is 1. The number of aromatic nitrogens is 3. The zero-order valence-corrected chi connectivity index (χ0v) is 14.0. The van der Waals surface area contributed by atoms with Crippen LogP contribution < -0.4 is 4.74 Å². The van der Waals surface area contributed by atoms with Gasteiger partial charge >= 0.3 is 5.97 Å². The molecule has 0 atom stereocenters. The molecule has 2 aromatic carbocycles. The van der Waals surface area contributed by atoms with E-state index in [9.17, 15) is 9.90 Å². The normalized spacial score (nSPS) is 10.8. The summed E-state index contributed by atoms with van der Waals surface area (Å²) in [7, 11) is 1.60. The van der Waals surface area contributed by atoms with Crippen molar-refractivity contribution in [3.63, 3.8) is 0 Å². The number of carboxylic acid groups (broad SMARTS) is 1. The highest BCUT2D eigenvalue weighted by atomic mass is 16.5. The Morgan fingerprint density at radius 2 is 1.65 bits per heavy atom. The number of rotatable bonds is 4. The van der Waals surface area contributed by atoms with Crippen LogP contribution in [0.4, 0.5) is 0 Å². The van der Waals surface area contributed by atoms with Gasteiger partial charge in [-0.15, -0.1) is 0 Å². The molecular weight excluding hydrogens is 330 g/mol. The Labute approximate surface area is 149 Å². The highest BCUT2D eigenvalue weighted by molar-refractivity contribution is 5.88. The molecule has 6 nitrogen and oxygen atoms in total. The molecule has 0 aliphatic heterocycles. The Bertz CT molecular complexity index is 1090. The number of ether oxygens (including phenoxy) is 1. The maximum atomic E-state index is 11.7. The lowest BCUT2D eigenvalue weighted by atomic mass is 10.1. The molecule has 0 aliphatic rings. The number of fused-ring (bicyclic) bond motifs is 1. The lowest BCUT2D eigenvalue weighted by molar-refractivity contribution is 0.0687. The topological polar surface area (TPSA) is 76.7 Å². The summed E-state index contributed by atoms with van der Waals surface area (Å²) in [5.41, 5.74) is 3.49. The van der Waals surface area contributed by atoms with Crippen molar-refractivity contribution in [1.82, 2.24) is 14.6 Å². The molecule has 6 heteroatoms. The SMILES string of the molecule is COc1ccc(-c2cc(C(=O)O)n3nc(-c4ccccc4)cc3n2)cc1. The fourth-order valence-electron chi connectivity index (χ4n) is 2.79. The van der Waals surface area contributed by atoms with E-state index in [0.717, 1.165) is 16.9 Å². The predicted octanol–water partition coefficient (Wildman–Crippen LogP) is 3.77.